The van der Waals surface area contributed by atoms with Gasteiger partial charge in [-0.25, -0.2) is 0 Å². The fraction of sp³-hybridized carbons (Fsp3) is 0.269. The van der Waals surface area contributed by atoms with E-state index < -0.39 is 6.10 Å². The molecule has 1 unspecified atom stereocenters. The van der Waals surface area contributed by atoms with Crippen molar-refractivity contribution in [3.05, 3.63) is 95.1 Å². The number of amides is 1. The molecule has 5 nitrogen and oxygen atoms in total. The number of carbonyl (C=O) groups is 1. The van der Waals surface area contributed by atoms with Crippen molar-refractivity contribution in [1.29, 1.82) is 0 Å². The van der Waals surface area contributed by atoms with E-state index in [4.69, 9.17) is 9.47 Å². The third kappa shape index (κ3) is 2.92. The molecule has 1 aliphatic carbocycles. The zero-order valence-electron chi connectivity index (χ0n) is 17.0. The van der Waals surface area contributed by atoms with Crippen LogP contribution in [0.4, 0.5) is 0 Å². The van der Waals surface area contributed by atoms with Crippen LogP contribution in [0.1, 0.15) is 34.3 Å². The van der Waals surface area contributed by atoms with Gasteiger partial charge in [0.1, 0.15) is 0 Å². The van der Waals surface area contributed by atoms with Crippen LogP contribution in [0.5, 0.6) is 11.5 Å². The first-order chi connectivity index (χ1) is 15.2. The first-order valence-electron chi connectivity index (χ1n) is 10.7. The molecule has 3 aromatic carbocycles. The maximum atomic E-state index is 13.7. The summed E-state index contributed by atoms with van der Waals surface area (Å²) in [6.07, 6.45) is -0.723. The van der Waals surface area contributed by atoms with Crippen LogP contribution >= 0.6 is 0 Å². The van der Waals surface area contributed by atoms with Gasteiger partial charge in [-0.05, 0) is 34.4 Å². The third-order valence-corrected chi connectivity index (χ3v) is 6.86. The van der Waals surface area contributed by atoms with E-state index in [1.54, 1.807) is 0 Å². The van der Waals surface area contributed by atoms with E-state index in [0.29, 0.717) is 24.6 Å². The zero-order chi connectivity index (χ0) is 20.9. The quantitative estimate of drug-likeness (QED) is 0.708. The first kappa shape index (κ1) is 18.5. The molecular formula is C26H23NO4. The van der Waals surface area contributed by atoms with E-state index in [0.717, 1.165) is 22.3 Å². The van der Waals surface area contributed by atoms with Crippen molar-refractivity contribution in [2.45, 2.75) is 18.6 Å². The Kier molecular flexibility index (Phi) is 4.25. The average Bonchev–Trinajstić information content (AvgIpc) is 3.39. The summed E-state index contributed by atoms with van der Waals surface area (Å²) in [6.45, 7) is 1.28. The van der Waals surface area contributed by atoms with Gasteiger partial charge in [0.2, 0.25) is 12.7 Å². The standard InChI is InChI=1S/C26H23NO4/c28-25-19-12-22-21(30-15-31-22)11-18(19)23(17-9-5-2-6-10-17)24-20(25)14-27(26(24)29)13-16-7-3-1-4-8-16/h1-12,20,23-25,28H,13-15H2/t20-,23+,24+,25?/m0/s1. The van der Waals surface area contributed by atoms with Crippen LogP contribution in [0.2, 0.25) is 0 Å². The lowest BCUT2D eigenvalue weighted by Crippen LogP contribution is -2.35. The van der Waals surface area contributed by atoms with Gasteiger partial charge in [-0.2, -0.15) is 0 Å². The lowest BCUT2D eigenvalue weighted by Gasteiger charge is -2.37. The molecule has 31 heavy (non-hydrogen) atoms. The van der Waals surface area contributed by atoms with Crippen molar-refractivity contribution < 1.29 is 19.4 Å². The first-order valence-corrected chi connectivity index (χ1v) is 10.7. The van der Waals surface area contributed by atoms with Gasteiger partial charge in [0.05, 0.1) is 12.0 Å². The molecule has 2 aliphatic heterocycles. The number of carbonyl (C=O) groups excluding carboxylic acids is 1. The lowest BCUT2D eigenvalue weighted by atomic mass is 9.66. The molecule has 4 atom stereocenters. The molecular weight excluding hydrogens is 390 g/mol. The smallest absolute Gasteiger partial charge is 0.231 e. The molecule has 1 amide bonds. The van der Waals surface area contributed by atoms with Gasteiger partial charge in [0.15, 0.2) is 11.5 Å². The van der Waals surface area contributed by atoms with Crippen LogP contribution in [0.25, 0.3) is 0 Å². The van der Waals surface area contributed by atoms with Crippen LogP contribution in [0, 0.1) is 11.8 Å². The van der Waals surface area contributed by atoms with E-state index in [2.05, 4.69) is 12.1 Å². The molecule has 6 rings (SSSR count). The van der Waals surface area contributed by atoms with Crippen molar-refractivity contribution in [1.82, 2.24) is 4.90 Å². The summed E-state index contributed by atoms with van der Waals surface area (Å²) in [5.41, 5.74) is 3.98. The number of fused-ring (bicyclic) bond motifs is 3. The van der Waals surface area contributed by atoms with Crippen LogP contribution in [-0.2, 0) is 11.3 Å². The Morgan fingerprint density at radius 2 is 1.55 bits per heavy atom. The third-order valence-electron chi connectivity index (χ3n) is 6.86. The second-order valence-corrected chi connectivity index (χ2v) is 8.56. The minimum absolute atomic E-state index is 0.102. The maximum absolute atomic E-state index is 13.7. The molecule has 0 bridgehead atoms. The summed E-state index contributed by atoms with van der Waals surface area (Å²) in [5.74, 6) is 0.825. The molecule has 3 aliphatic rings. The monoisotopic (exact) mass is 413 g/mol. The minimum atomic E-state index is -0.723. The maximum Gasteiger partial charge on any atom is 0.231 e. The normalized spacial score (nSPS) is 26.0. The molecule has 0 radical (unpaired) electrons. The second-order valence-electron chi connectivity index (χ2n) is 8.56. The molecule has 5 heteroatoms. The molecule has 2 heterocycles. The topological polar surface area (TPSA) is 59.0 Å². The second kappa shape index (κ2) is 7.13. The summed E-state index contributed by atoms with van der Waals surface area (Å²) < 4.78 is 11.2. The Morgan fingerprint density at radius 3 is 2.26 bits per heavy atom. The lowest BCUT2D eigenvalue weighted by molar-refractivity contribution is -0.132. The number of nitrogens with zero attached hydrogens (tertiary/aromatic N) is 1. The largest absolute Gasteiger partial charge is 0.454 e. The van der Waals surface area contributed by atoms with Crippen LogP contribution in [0.3, 0.4) is 0 Å². The van der Waals surface area contributed by atoms with Crippen molar-refractivity contribution in [2.75, 3.05) is 13.3 Å². The summed E-state index contributed by atoms with van der Waals surface area (Å²) in [7, 11) is 0. The Balaban J connectivity index is 1.45. The minimum Gasteiger partial charge on any atom is -0.454 e. The van der Waals surface area contributed by atoms with Crippen molar-refractivity contribution in [2.24, 2.45) is 11.8 Å². The molecule has 156 valence electrons. The molecule has 0 aromatic heterocycles. The van der Waals surface area contributed by atoms with Crippen molar-refractivity contribution in [3.8, 4) is 11.5 Å². The fourth-order valence-corrected chi connectivity index (χ4v) is 5.45. The van der Waals surface area contributed by atoms with Crippen LogP contribution < -0.4 is 9.47 Å². The van der Waals surface area contributed by atoms with Crippen molar-refractivity contribution in [3.63, 3.8) is 0 Å². The van der Waals surface area contributed by atoms with E-state index in [1.165, 1.54) is 0 Å². The highest BCUT2D eigenvalue weighted by molar-refractivity contribution is 5.84. The summed E-state index contributed by atoms with van der Waals surface area (Å²) in [6, 6.07) is 24.0. The number of aliphatic hydroxyl groups is 1. The number of ether oxygens (including phenoxy) is 2. The highest BCUT2D eigenvalue weighted by atomic mass is 16.7. The van der Waals surface area contributed by atoms with Gasteiger partial charge >= 0.3 is 0 Å². The van der Waals surface area contributed by atoms with Crippen LogP contribution in [0.15, 0.2) is 72.8 Å². The average molecular weight is 413 g/mol. The van der Waals surface area contributed by atoms with Crippen molar-refractivity contribution >= 4 is 5.91 Å². The van der Waals surface area contributed by atoms with Gasteiger partial charge in [-0.3, -0.25) is 4.79 Å². The molecule has 0 saturated carbocycles. The van der Waals surface area contributed by atoms with Gasteiger partial charge in [-0.1, -0.05) is 60.7 Å². The predicted molar refractivity (Wildman–Crippen MR) is 115 cm³/mol. The Labute approximate surface area is 180 Å². The number of aliphatic hydroxyl groups excluding tert-OH is 1. The number of benzene rings is 3. The van der Waals surface area contributed by atoms with Gasteiger partial charge in [0.25, 0.3) is 0 Å². The van der Waals surface area contributed by atoms with Gasteiger partial charge in [0, 0.05) is 24.9 Å². The van der Waals surface area contributed by atoms with Crippen LogP contribution in [-0.4, -0.2) is 29.3 Å². The highest BCUT2D eigenvalue weighted by Gasteiger charge is 2.53. The van der Waals surface area contributed by atoms with E-state index in [9.17, 15) is 9.90 Å². The fourth-order valence-electron chi connectivity index (χ4n) is 5.45. The summed E-state index contributed by atoms with van der Waals surface area (Å²) >= 11 is 0. The number of rotatable bonds is 3. The molecule has 1 saturated heterocycles. The summed E-state index contributed by atoms with van der Waals surface area (Å²) in [4.78, 5) is 15.6. The van der Waals surface area contributed by atoms with E-state index in [1.807, 2.05) is 65.6 Å². The highest BCUT2D eigenvalue weighted by Crippen LogP contribution is 2.54. The van der Waals surface area contributed by atoms with E-state index >= 15 is 0 Å². The molecule has 0 spiro atoms. The Bertz CT molecular complexity index is 1130. The van der Waals surface area contributed by atoms with Gasteiger partial charge < -0.3 is 19.5 Å². The van der Waals surface area contributed by atoms with E-state index in [-0.39, 0.29) is 30.5 Å². The number of likely N-dealkylation sites (tertiary alicyclic amines) is 1. The SMILES string of the molecule is O=C1[C@H]2[C@H](c3ccccc3)c3cc4c(cc3C(O)[C@H]2CN1Cc1ccccc1)OCO4. The molecule has 1 N–H and O–H groups in total. The Morgan fingerprint density at radius 1 is 0.903 bits per heavy atom. The zero-order valence-corrected chi connectivity index (χ0v) is 17.0. The number of hydrogen-bond acceptors (Lipinski definition) is 4. The number of hydrogen-bond donors (Lipinski definition) is 1. The molecule has 1 fully saturated rings. The predicted octanol–water partition coefficient (Wildman–Crippen LogP) is 3.87. The Hall–Kier alpha value is -3.31. The molecule has 3 aromatic rings. The summed E-state index contributed by atoms with van der Waals surface area (Å²) in [5, 5.41) is 11.4. The van der Waals surface area contributed by atoms with Gasteiger partial charge in [-0.15, -0.1) is 0 Å².